The molecule has 104 valence electrons. The Morgan fingerprint density at radius 3 is 2.05 bits per heavy atom. The van der Waals surface area contributed by atoms with Gasteiger partial charge in [-0.1, -0.05) is 84.1 Å². The Labute approximate surface area is 122 Å². The lowest BCUT2D eigenvalue weighted by molar-refractivity contribution is 0.180. The molecule has 2 heteroatoms. The van der Waals surface area contributed by atoms with Gasteiger partial charge >= 0.3 is 0 Å². The summed E-state index contributed by atoms with van der Waals surface area (Å²) in [6.45, 7) is 8.86. The maximum Gasteiger partial charge on any atom is 0.106 e. The van der Waals surface area contributed by atoms with E-state index in [4.69, 9.17) is 0 Å². The number of rotatable bonds is 5. The Morgan fingerprint density at radius 1 is 1.00 bits per heavy atom. The van der Waals surface area contributed by atoms with Crippen LogP contribution in [0.15, 0.2) is 72.4 Å². The van der Waals surface area contributed by atoms with E-state index in [1.165, 1.54) is 10.4 Å². The average molecular weight is 282 g/mol. The van der Waals surface area contributed by atoms with E-state index in [2.05, 4.69) is 43.9 Å². The molecule has 2 aromatic carbocycles. The van der Waals surface area contributed by atoms with Crippen LogP contribution in [0.1, 0.15) is 18.1 Å². The first-order chi connectivity index (χ1) is 9.51. The fraction of sp³-hybridized carbons (Fsp3) is 0.222. The van der Waals surface area contributed by atoms with Crippen molar-refractivity contribution in [3.05, 3.63) is 78.0 Å². The molecule has 1 atom stereocenters. The zero-order valence-corrected chi connectivity index (χ0v) is 13.2. The van der Waals surface area contributed by atoms with Crippen molar-refractivity contribution in [2.24, 2.45) is 0 Å². The van der Waals surface area contributed by atoms with E-state index in [0.717, 1.165) is 5.56 Å². The summed E-state index contributed by atoms with van der Waals surface area (Å²) >= 11 is 0. The molecule has 0 spiro atoms. The molecule has 0 radical (unpaired) electrons. The maximum absolute atomic E-state index is 10.4. The Balaban J connectivity index is 2.12. The normalized spacial score (nSPS) is 12.9. The summed E-state index contributed by atoms with van der Waals surface area (Å²) in [4.78, 5) is 0. The van der Waals surface area contributed by atoms with E-state index in [1.807, 2.05) is 36.4 Å². The van der Waals surface area contributed by atoms with Gasteiger partial charge in [0.05, 0.1) is 6.10 Å². The van der Waals surface area contributed by atoms with E-state index in [9.17, 15) is 5.11 Å². The fourth-order valence-corrected chi connectivity index (χ4v) is 4.48. The van der Waals surface area contributed by atoms with Crippen molar-refractivity contribution in [1.82, 2.24) is 0 Å². The van der Waals surface area contributed by atoms with Crippen LogP contribution in [0.2, 0.25) is 13.1 Å². The lowest BCUT2D eigenvalue weighted by Crippen LogP contribution is -2.43. The van der Waals surface area contributed by atoms with E-state index in [0.29, 0.717) is 6.42 Å². The second kappa shape index (κ2) is 6.20. The molecule has 0 amide bonds. The lowest BCUT2D eigenvalue weighted by Gasteiger charge is -2.27. The summed E-state index contributed by atoms with van der Waals surface area (Å²) in [6, 6.07) is 20.4. The van der Waals surface area contributed by atoms with Crippen LogP contribution < -0.4 is 5.19 Å². The highest BCUT2D eigenvalue weighted by molar-refractivity contribution is 6.95. The number of hydrogen-bond donors (Lipinski definition) is 1. The molecule has 0 fully saturated rings. The molecule has 0 aliphatic carbocycles. The van der Waals surface area contributed by atoms with Crippen molar-refractivity contribution >= 4 is 13.3 Å². The predicted octanol–water partition coefficient (Wildman–Crippen LogP) is 3.82. The lowest BCUT2D eigenvalue weighted by atomic mass is 10.1. The summed E-state index contributed by atoms with van der Waals surface area (Å²) in [5.74, 6) is 0. The molecule has 20 heavy (non-hydrogen) atoms. The topological polar surface area (TPSA) is 20.2 Å². The van der Waals surface area contributed by atoms with Crippen molar-refractivity contribution in [2.75, 3.05) is 0 Å². The van der Waals surface area contributed by atoms with Gasteiger partial charge in [-0.05, 0) is 12.0 Å². The van der Waals surface area contributed by atoms with E-state index >= 15 is 0 Å². The third-order valence-electron chi connectivity index (χ3n) is 4.00. The van der Waals surface area contributed by atoms with Crippen LogP contribution in [0.25, 0.3) is 0 Å². The van der Waals surface area contributed by atoms with Gasteiger partial charge in [0.1, 0.15) is 8.07 Å². The van der Waals surface area contributed by atoms with Gasteiger partial charge < -0.3 is 5.11 Å². The molecule has 0 unspecified atom stereocenters. The smallest absolute Gasteiger partial charge is 0.106 e. The third-order valence-corrected chi connectivity index (χ3v) is 7.75. The molecular formula is C18H22OSi. The van der Waals surface area contributed by atoms with Crippen molar-refractivity contribution in [1.29, 1.82) is 0 Å². The molecular weight excluding hydrogens is 260 g/mol. The van der Waals surface area contributed by atoms with Gasteiger partial charge in [-0.25, -0.2) is 0 Å². The molecule has 2 aromatic rings. The summed E-state index contributed by atoms with van der Waals surface area (Å²) < 4.78 is 0. The van der Waals surface area contributed by atoms with Gasteiger partial charge in [0, 0.05) is 0 Å². The van der Waals surface area contributed by atoms with Gasteiger partial charge in [-0.15, -0.1) is 6.58 Å². The van der Waals surface area contributed by atoms with Crippen LogP contribution in [-0.2, 0) is 0 Å². The molecule has 0 heterocycles. The molecule has 0 aliphatic rings. The summed E-state index contributed by atoms with van der Waals surface area (Å²) in [7, 11) is -1.73. The van der Waals surface area contributed by atoms with E-state index in [1.54, 1.807) is 0 Å². The zero-order chi connectivity index (χ0) is 14.6. The molecule has 2 rings (SSSR count). The van der Waals surface area contributed by atoms with Gasteiger partial charge in [-0.3, -0.25) is 0 Å². The fourth-order valence-electron chi connectivity index (χ4n) is 2.34. The number of hydrogen-bond acceptors (Lipinski definition) is 1. The highest BCUT2D eigenvalue weighted by atomic mass is 28.3. The zero-order valence-electron chi connectivity index (χ0n) is 12.2. The highest BCUT2D eigenvalue weighted by Crippen LogP contribution is 2.25. The molecule has 0 bridgehead atoms. The quantitative estimate of drug-likeness (QED) is 0.827. The van der Waals surface area contributed by atoms with Crippen LogP contribution in [0, 0.1) is 0 Å². The predicted molar refractivity (Wildman–Crippen MR) is 88.7 cm³/mol. The van der Waals surface area contributed by atoms with Crippen LogP contribution in [0.3, 0.4) is 0 Å². The number of aliphatic hydroxyl groups excluding tert-OH is 1. The second-order valence-electron chi connectivity index (χ2n) is 5.73. The minimum absolute atomic E-state index is 0.459. The van der Waals surface area contributed by atoms with Crippen molar-refractivity contribution in [2.45, 2.75) is 25.6 Å². The first-order valence-corrected chi connectivity index (χ1v) is 9.98. The molecule has 0 aromatic heterocycles. The van der Waals surface area contributed by atoms with Crippen molar-refractivity contribution in [3.8, 4) is 0 Å². The molecule has 1 nitrogen and oxygen atoms in total. The SMILES string of the molecule is C=C(C[C@H](O)c1ccccc1)[Si](C)(C)c1ccccc1. The summed E-state index contributed by atoms with van der Waals surface area (Å²) in [6.07, 6.45) is 0.178. The number of benzene rings is 2. The molecule has 1 N–H and O–H groups in total. The Kier molecular flexibility index (Phi) is 4.58. The van der Waals surface area contributed by atoms with Crippen LogP contribution in [0.5, 0.6) is 0 Å². The van der Waals surface area contributed by atoms with Gasteiger partial charge in [-0.2, -0.15) is 0 Å². The second-order valence-corrected chi connectivity index (χ2v) is 10.3. The Hall–Kier alpha value is -1.64. The minimum Gasteiger partial charge on any atom is -0.388 e. The summed E-state index contributed by atoms with van der Waals surface area (Å²) in [5, 5.41) is 12.9. The first kappa shape index (κ1) is 14.8. The highest BCUT2D eigenvalue weighted by Gasteiger charge is 2.28. The summed E-state index contributed by atoms with van der Waals surface area (Å²) in [5.41, 5.74) is 0.964. The molecule has 0 saturated carbocycles. The van der Waals surface area contributed by atoms with Crippen molar-refractivity contribution < 1.29 is 5.11 Å². The van der Waals surface area contributed by atoms with E-state index in [-0.39, 0.29) is 0 Å². The van der Waals surface area contributed by atoms with Crippen LogP contribution >= 0.6 is 0 Å². The first-order valence-electron chi connectivity index (χ1n) is 6.98. The maximum atomic E-state index is 10.4. The Bertz CT molecular complexity index is 560. The van der Waals surface area contributed by atoms with Crippen LogP contribution in [-0.4, -0.2) is 13.2 Å². The average Bonchev–Trinajstić information content (AvgIpc) is 2.49. The standard InChI is InChI=1S/C18H22OSi/c1-15(14-18(19)16-10-6-4-7-11-16)20(2,3)17-12-8-5-9-13-17/h4-13,18-19H,1,14H2,2-3H3/t18-/m0/s1. The molecule has 0 saturated heterocycles. The van der Waals surface area contributed by atoms with Crippen LogP contribution in [0.4, 0.5) is 0 Å². The van der Waals surface area contributed by atoms with Gasteiger partial charge in [0.2, 0.25) is 0 Å². The van der Waals surface area contributed by atoms with E-state index < -0.39 is 14.2 Å². The van der Waals surface area contributed by atoms with Crippen molar-refractivity contribution in [3.63, 3.8) is 0 Å². The molecule has 0 aliphatic heterocycles. The van der Waals surface area contributed by atoms with Gasteiger partial charge in [0.15, 0.2) is 0 Å². The minimum atomic E-state index is -1.73. The Morgan fingerprint density at radius 2 is 1.50 bits per heavy atom. The monoisotopic (exact) mass is 282 g/mol. The number of aliphatic hydroxyl groups is 1. The third kappa shape index (κ3) is 3.27. The largest absolute Gasteiger partial charge is 0.388 e. The van der Waals surface area contributed by atoms with Gasteiger partial charge in [0.25, 0.3) is 0 Å².